The van der Waals surface area contributed by atoms with Crippen LogP contribution in [0, 0.1) is 0 Å². The van der Waals surface area contributed by atoms with Gasteiger partial charge in [0.15, 0.2) is 0 Å². The molecule has 0 aliphatic rings. The summed E-state index contributed by atoms with van der Waals surface area (Å²) < 4.78 is 0. The van der Waals surface area contributed by atoms with Gasteiger partial charge in [-0.05, 0) is 37.0 Å². The quantitative estimate of drug-likeness (QED) is 0.693. The van der Waals surface area contributed by atoms with E-state index in [0.717, 1.165) is 24.0 Å². The van der Waals surface area contributed by atoms with Crippen molar-refractivity contribution in [2.45, 2.75) is 26.3 Å². The van der Waals surface area contributed by atoms with E-state index in [1.807, 2.05) is 18.7 Å². The first-order valence-corrected chi connectivity index (χ1v) is 7.10. The van der Waals surface area contributed by atoms with Crippen LogP contribution in [-0.2, 0) is 0 Å². The second-order valence-electron chi connectivity index (χ2n) is 4.06. The molecule has 1 aromatic rings. The average molecular weight is 269 g/mol. The number of carbonyl (C=O) groups excluding carboxylic acids is 1. The number of benzene rings is 1. The molecule has 3 N–H and O–H groups in total. The van der Waals surface area contributed by atoms with Crippen LogP contribution in [0.25, 0.3) is 0 Å². The molecule has 0 radical (unpaired) electrons. The molecule has 0 aliphatic heterocycles. The molecule has 0 aliphatic carbocycles. The Morgan fingerprint density at radius 1 is 1.44 bits per heavy atom. The molecule has 100 valence electrons. The maximum absolute atomic E-state index is 11.9. The maximum Gasteiger partial charge on any atom is 0.255 e. The van der Waals surface area contributed by atoms with Crippen molar-refractivity contribution in [2.24, 2.45) is 0 Å². The minimum absolute atomic E-state index is 0.0588. The third-order valence-corrected chi connectivity index (χ3v) is 3.44. The van der Waals surface area contributed by atoms with Crippen molar-refractivity contribution in [3.05, 3.63) is 23.8 Å². The molecule has 18 heavy (non-hydrogen) atoms. The Labute approximate surface area is 111 Å². The van der Waals surface area contributed by atoms with Crippen LogP contribution in [0.5, 0.6) is 11.5 Å². The fourth-order valence-corrected chi connectivity index (χ4v) is 2.30. The van der Waals surface area contributed by atoms with Crippen LogP contribution >= 0.6 is 11.8 Å². The second-order valence-corrected chi connectivity index (χ2v) is 5.46. The van der Waals surface area contributed by atoms with Crippen LogP contribution in [-0.4, -0.2) is 33.7 Å². The predicted octanol–water partition coefficient (Wildman–Crippen LogP) is 2.36. The number of aromatic hydroxyl groups is 2. The molecule has 0 bridgehead atoms. The highest BCUT2D eigenvalue weighted by Crippen LogP contribution is 2.22. The number of amides is 1. The molecule has 1 amide bonds. The van der Waals surface area contributed by atoms with Gasteiger partial charge in [-0.1, -0.05) is 6.92 Å². The van der Waals surface area contributed by atoms with E-state index >= 15 is 0 Å². The number of nitrogens with one attached hydrogen (secondary N) is 1. The second kappa shape index (κ2) is 7.16. The van der Waals surface area contributed by atoms with Crippen molar-refractivity contribution in [2.75, 3.05) is 11.5 Å². The van der Waals surface area contributed by atoms with Gasteiger partial charge in [-0.2, -0.15) is 11.8 Å². The summed E-state index contributed by atoms with van der Waals surface area (Å²) in [6.07, 6.45) is 0.892. The number of rotatable bonds is 6. The summed E-state index contributed by atoms with van der Waals surface area (Å²) in [5, 5.41) is 21.5. The summed E-state index contributed by atoms with van der Waals surface area (Å²) in [6.45, 7) is 4.04. The molecule has 0 fully saturated rings. The molecular formula is C13H19NO3S. The molecule has 0 saturated heterocycles. The summed E-state index contributed by atoms with van der Waals surface area (Å²) in [4.78, 5) is 11.9. The van der Waals surface area contributed by atoms with E-state index in [1.165, 1.54) is 12.1 Å². The fraction of sp³-hybridized carbons (Fsp3) is 0.462. The smallest absolute Gasteiger partial charge is 0.255 e. The van der Waals surface area contributed by atoms with E-state index < -0.39 is 0 Å². The lowest BCUT2D eigenvalue weighted by Crippen LogP contribution is -2.32. The standard InChI is InChI=1S/C13H19NO3S/c1-3-18-7-6-9(2)14-13(17)11-5-4-10(15)8-12(11)16/h4-5,8-9,15-16H,3,6-7H2,1-2H3,(H,14,17). The number of thioether (sulfide) groups is 1. The van der Waals surface area contributed by atoms with Crippen LogP contribution in [0.15, 0.2) is 18.2 Å². The van der Waals surface area contributed by atoms with Crippen LogP contribution in [0.3, 0.4) is 0 Å². The van der Waals surface area contributed by atoms with Crippen molar-refractivity contribution in [1.29, 1.82) is 0 Å². The molecule has 0 spiro atoms. The first-order valence-electron chi connectivity index (χ1n) is 5.95. The third kappa shape index (κ3) is 4.49. The van der Waals surface area contributed by atoms with E-state index in [2.05, 4.69) is 12.2 Å². The number of phenols is 2. The zero-order chi connectivity index (χ0) is 13.5. The number of hydrogen-bond acceptors (Lipinski definition) is 4. The SMILES string of the molecule is CCSCCC(C)NC(=O)c1ccc(O)cc1O. The topological polar surface area (TPSA) is 69.6 Å². The zero-order valence-corrected chi connectivity index (χ0v) is 11.5. The monoisotopic (exact) mass is 269 g/mol. The summed E-state index contributed by atoms with van der Waals surface area (Å²) >= 11 is 1.83. The third-order valence-electron chi connectivity index (χ3n) is 2.50. The normalized spacial score (nSPS) is 12.1. The Morgan fingerprint density at radius 2 is 2.17 bits per heavy atom. The summed E-state index contributed by atoms with van der Waals surface area (Å²) in [6, 6.07) is 4.01. The van der Waals surface area contributed by atoms with Gasteiger partial charge in [-0.15, -0.1) is 0 Å². The van der Waals surface area contributed by atoms with Gasteiger partial charge in [0.1, 0.15) is 11.5 Å². The molecule has 1 atom stereocenters. The molecular weight excluding hydrogens is 250 g/mol. The molecule has 1 unspecified atom stereocenters. The maximum atomic E-state index is 11.9. The molecule has 4 nitrogen and oxygen atoms in total. The van der Waals surface area contributed by atoms with Crippen molar-refractivity contribution in [3.8, 4) is 11.5 Å². The Bertz CT molecular complexity index is 409. The van der Waals surface area contributed by atoms with E-state index in [-0.39, 0.29) is 29.0 Å². The lowest BCUT2D eigenvalue weighted by molar-refractivity contribution is 0.0937. The predicted molar refractivity (Wildman–Crippen MR) is 74.3 cm³/mol. The highest BCUT2D eigenvalue weighted by Gasteiger charge is 2.13. The highest BCUT2D eigenvalue weighted by molar-refractivity contribution is 7.99. The molecule has 0 heterocycles. The molecule has 0 aromatic heterocycles. The largest absolute Gasteiger partial charge is 0.508 e. The van der Waals surface area contributed by atoms with Gasteiger partial charge < -0.3 is 15.5 Å². The van der Waals surface area contributed by atoms with Gasteiger partial charge in [0.05, 0.1) is 5.56 Å². The van der Waals surface area contributed by atoms with Crippen molar-refractivity contribution in [1.82, 2.24) is 5.32 Å². The minimum atomic E-state index is -0.318. The van der Waals surface area contributed by atoms with Crippen LogP contribution in [0.2, 0.25) is 0 Å². The zero-order valence-electron chi connectivity index (χ0n) is 10.6. The summed E-state index contributed by atoms with van der Waals surface area (Å²) in [7, 11) is 0. The average Bonchev–Trinajstić information content (AvgIpc) is 2.28. The van der Waals surface area contributed by atoms with Gasteiger partial charge in [0, 0.05) is 12.1 Å². The fourth-order valence-electron chi connectivity index (χ4n) is 1.49. The number of phenolic OH excluding ortho intramolecular Hbond substituents is 2. The molecule has 1 aromatic carbocycles. The lowest BCUT2D eigenvalue weighted by atomic mass is 10.1. The Hall–Kier alpha value is -1.36. The van der Waals surface area contributed by atoms with E-state index in [9.17, 15) is 9.90 Å². The molecule has 0 saturated carbocycles. The first kappa shape index (κ1) is 14.7. The lowest BCUT2D eigenvalue weighted by Gasteiger charge is -2.14. The van der Waals surface area contributed by atoms with E-state index in [1.54, 1.807) is 0 Å². The first-order chi connectivity index (χ1) is 8.54. The van der Waals surface area contributed by atoms with Gasteiger partial charge in [0.2, 0.25) is 0 Å². The van der Waals surface area contributed by atoms with Crippen LogP contribution in [0.4, 0.5) is 0 Å². The van der Waals surface area contributed by atoms with Gasteiger partial charge >= 0.3 is 0 Å². The number of carbonyl (C=O) groups is 1. The summed E-state index contributed by atoms with van der Waals surface area (Å²) in [5.41, 5.74) is 0.183. The Balaban J connectivity index is 2.54. The van der Waals surface area contributed by atoms with Crippen molar-refractivity contribution >= 4 is 17.7 Å². The molecule has 5 heteroatoms. The Kier molecular flexibility index (Phi) is 5.85. The van der Waals surface area contributed by atoms with Crippen molar-refractivity contribution in [3.63, 3.8) is 0 Å². The van der Waals surface area contributed by atoms with E-state index in [0.29, 0.717) is 0 Å². The summed E-state index contributed by atoms with van der Waals surface area (Å²) in [5.74, 6) is 1.49. The van der Waals surface area contributed by atoms with Gasteiger partial charge in [-0.3, -0.25) is 4.79 Å². The number of hydrogen-bond donors (Lipinski definition) is 3. The highest BCUT2D eigenvalue weighted by atomic mass is 32.2. The van der Waals surface area contributed by atoms with Gasteiger partial charge in [-0.25, -0.2) is 0 Å². The minimum Gasteiger partial charge on any atom is -0.508 e. The van der Waals surface area contributed by atoms with Gasteiger partial charge in [0.25, 0.3) is 5.91 Å². The van der Waals surface area contributed by atoms with Crippen molar-refractivity contribution < 1.29 is 15.0 Å². The van der Waals surface area contributed by atoms with Crippen LogP contribution < -0.4 is 5.32 Å². The van der Waals surface area contributed by atoms with Crippen LogP contribution in [0.1, 0.15) is 30.6 Å². The molecule has 1 rings (SSSR count). The Morgan fingerprint density at radius 3 is 2.78 bits per heavy atom. The van der Waals surface area contributed by atoms with E-state index in [4.69, 9.17) is 5.11 Å².